The van der Waals surface area contributed by atoms with E-state index in [1.165, 1.54) is 0 Å². The molecule has 3 atom stereocenters. The topological polar surface area (TPSA) is 118 Å². The lowest BCUT2D eigenvalue weighted by atomic mass is 9.82. The smallest absolute Gasteiger partial charge is 0.475 e. The maximum Gasteiger partial charge on any atom is 0.490 e. The maximum absolute atomic E-state index is 12.7. The molecule has 2 aliphatic rings. The Kier molecular flexibility index (Phi) is 7.70. The normalized spacial score (nSPS) is 22.9. The summed E-state index contributed by atoms with van der Waals surface area (Å²) in [5.41, 5.74) is 1.06. The molecule has 0 spiro atoms. The average molecular weight is 453 g/mol. The molecule has 172 valence electrons. The molecule has 4 heterocycles. The largest absolute Gasteiger partial charge is 0.490 e. The average Bonchev–Trinajstić information content (AvgIpc) is 3.17. The third-order valence-corrected chi connectivity index (χ3v) is 5.22. The lowest BCUT2D eigenvalue weighted by Crippen LogP contribution is -2.42. The first-order valence-corrected chi connectivity index (χ1v) is 9.81. The van der Waals surface area contributed by atoms with Gasteiger partial charge in [0.1, 0.15) is 0 Å². The van der Waals surface area contributed by atoms with E-state index in [2.05, 4.69) is 25.2 Å². The van der Waals surface area contributed by atoms with Crippen LogP contribution in [0.2, 0.25) is 0 Å². The molecule has 12 heteroatoms. The second-order valence-electron chi connectivity index (χ2n) is 7.47. The number of anilines is 1. The number of rotatable bonds is 4. The van der Waals surface area contributed by atoms with E-state index in [-0.39, 0.29) is 11.8 Å². The van der Waals surface area contributed by atoms with Crippen LogP contribution in [0, 0.1) is 17.8 Å². The number of halogens is 3. The van der Waals surface area contributed by atoms with Gasteiger partial charge in [-0.3, -0.25) is 19.7 Å². The van der Waals surface area contributed by atoms with Crippen molar-refractivity contribution in [1.82, 2.24) is 19.9 Å². The summed E-state index contributed by atoms with van der Waals surface area (Å²) in [6.07, 6.45) is 1.45. The Morgan fingerprint density at radius 1 is 1.16 bits per heavy atom. The predicted molar refractivity (Wildman–Crippen MR) is 105 cm³/mol. The van der Waals surface area contributed by atoms with Crippen molar-refractivity contribution < 1.29 is 32.6 Å². The van der Waals surface area contributed by atoms with E-state index >= 15 is 0 Å². The molecule has 4 rings (SSSR count). The monoisotopic (exact) mass is 453 g/mol. The molecule has 2 aromatic rings. The van der Waals surface area contributed by atoms with Gasteiger partial charge in [0, 0.05) is 38.2 Å². The Hall–Kier alpha value is -3.12. The van der Waals surface area contributed by atoms with E-state index in [0.29, 0.717) is 24.3 Å². The summed E-state index contributed by atoms with van der Waals surface area (Å²) >= 11 is 0. The Morgan fingerprint density at radius 2 is 1.94 bits per heavy atom. The van der Waals surface area contributed by atoms with Gasteiger partial charge in [0.05, 0.1) is 31.0 Å². The molecule has 2 N–H and O–H groups in total. The van der Waals surface area contributed by atoms with Crippen molar-refractivity contribution in [2.45, 2.75) is 12.7 Å². The summed E-state index contributed by atoms with van der Waals surface area (Å²) in [6.45, 7) is 3.83. The number of aromatic nitrogens is 3. The lowest BCUT2D eigenvalue weighted by Gasteiger charge is -2.31. The second-order valence-corrected chi connectivity index (χ2v) is 7.47. The van der Waals surface area contributed by atoms with Crippen LogP contribution in [-0.2, 0) is 20.9 Å². The van der Waals surface area contributed by atoms with Gasteiger partial charge in [-0.05, 0) is 24.0 Å². The molecule has 0 radical (unpaired) electrons. The van der Waals surface area contributed by atoms with Gasteiger partial charge in [0.15, 0.2) is 5.82 Å². The first-order chi connectivity index (χ1) is 15.2. The third kappa shape index (κ3) is 6.44. The molecular weight excluding hydrogens is 431 g/mol. The molecule has 0 aliphatic carbocycles. The quantitative estimate of drug-likeness (QED) is 0.720. The van der Waals surface area contributed by atoms with Gasteiger partial charge in [-0.1, -0.05) is 6.07 Å². The number of alkyl halides is 3. The number of carbonyl (C=O) groups is 2. The van der Waals surface area contributed by atoms with Crippen LogP contribution in [0.25, 0.3) is 0 Å². The highest BCUT2D eigenvalue weighted by Crippen LogP contribution is 2.35. The van der Waals surface area contributed by atoms with Crippen molar-refractivity contribution in [2.24, 2.45) is 17.8 Å². The van der Waals surface area contributed by atoms with Crippen LogP contribution in [0.3, 0.4) is 0 Å². The fraction of sp³-hybridized carbons (Fsp3) is 0.450. The Balaban J connectivity index is 0.000000360. The van der Waals surface area contributed by atoms with E-state index in [0.717, 1.165) is 31.9 Å². The van der Waals surface area contributed by atoms with Crippen molar-refractivity contribution in [3.8, 4) is 0 Å². The Morgan fingerprint density at radius 3 is 2.56 bits per heavy atom. The Bertz CT molecular complexity index is 901. The fourth-order valence-corrected chi connectivity index (χ4v) is 3.79. The summed E-state index contributed by atoms with van der Waals surface area (Å²) in [6, 6.07) is 5.97. The first kappa shape index (κ1) is 23.5. The van der Waals surface area contributed by atoms with Crippen LogP contribution in [-0.4, -0.2) is 69.3 Å². The minimum absolute atomic E-state index is 0.0325. The van der Waals surface area contributed by atoms with Crippen molar-refractivity contribution >= 4 is 17.7 Å². The van der Waals surface area contributed by atoms with Crippen LogP contribution in [0.5, 0.6) is 0 Å². The minimum atomic E-state index is -5.08. The molecular formula is C20H22F3N5O4. The lowest BCUT2D eigenvalue weighted by molar-refractivity contribution is -0.192. The van der Waals surface area contributed by atoms with Crippen LogP contribution in [0.15, 0.2) is 43.0 Å². The molecule has 1 amide bonds. The van der Waals surface area contributed by atoms with Crippen molar-refractivity contribution in [1.29, 1.82) is 0 Å². The molecule has 9 nitrogen and oxygen atoms in total. The number of aliphatic carboxylic acids is 1. The predicted octanol–water partition coefficient (Wildman–Crippen LogP) is 1.84. The number of nitrogens with zero attached hydrogens (tertiary/aromatic N) is 4. The summed E-state index contributed by atoms with van der Waals surface area (Å²) < 4.78 is 37.5. The van der Waals surface area contributed by atoms with Gasteiger partial charge in [-0.25, -0.2) is 9.78 Å². The SMILES string of the molecule is O=C(Nc1cnccn1)[C@@H]1COC[C@H]2CN(Cc3ccccn3)C[C@H]21.O=C(O)C(F)(F)F. The van der Waals surface area contributed by atoms with Gasteiger partial charge < -0.3 is 15.2 Å². The number of hydrogen-bond acceptors (Lipinski definition) is 7. The summed E-state index contributed by atoms with van der Waals surface area (Å²) in [7, 11) is 0. The zero-order chi connectivity index (χ0) is 23.1. The number of amides is 1. The van der Waals surface area contributed by atoms with Crippen LogP contribution in [0.4, 0.5) is 19.0 Å². The second kappa shape index (κ2) is 10.5. The van der Waals surface area contributed by atoms with E-state index in [1.807, 2.05) is 24.4 Å². The zero-order valence-electron chi connectivity index (χ0n) is 16.9. The van der Waals surface area contributed by atoms with Gasteiger partial charge in [0.2, 0.25) is 5.91 Å². The highest BCUT2D eigenvalue weighted by molar-refractivity contribution is 5.92. The number of carboxylic acid groups (broad SMARTS) is 1. The van der Waals surface area contributed by atoms with E-state index in [1.54, 1.807) is 18.6 Å². The van der Waals surface area contributed by atoms with Crippen molar-refractivity contribution in [2.75, 3.05) is 31.6 Å². The van der Waals surface area contributed by atoms with Crippen LogP contribution < -0.4 is 5.32 Å². The number of hydrogen-bond donors (Lipinski definition) is 2. The van der Waals surface area contributed by atoms with Gasteiger partial charge in [0.25, 0.3) is 0 Å². The Labute approximate surface area is 181 Å². The first-order valence-electron chi connectivity index (χ1n) is 9.81. The minimum Gasteiger partial charge on any atom is -0.475 e. The van der Waals surface area contributed by atoms with Crippen molar-refractivity contribution in [3.63, 3.8) is 0 Å². The highest BCUT2D eigenvalue weighted by Gasteiger charge is 2.44. The fourth-order valence-electron chi connectivity index (χ4n) is 3.79. The van der Waals surface area contributed by atoms with E-state index < -0.39 is 12.1 Å². The molecule has 2 aliphatic heterocycles. The van der Waals surface area contributed by atoms with E-state index in [9.17, 15) is 18.0 Å². The number of pyridine rings is 1. The number of carbonyl (C=O) groups excluding carboxylic acids is 1. The highest BCUT2D eigenvalue weighted by atomic mass is 19.4. The molecule has 0 aromatic carbocycles. The summed E-state index contributed by atoms with van der Waals surface area (Å²) in [5, 5.41) is 9.99. The van der Waals surface area contributed by atoms with Crippen molar-refractivity contribution in [3.05, 3.63) is 48.7 Å². The molecule has 0 saturated carbocycles. The number of nitrogens with one attached hydrogen (secondary N) is 1. The number of fused-ring (bicyclic) bond motifs is 1. The van der Waals surface area contributed by atoms with Crippen LogP contribution >= 0.6 is 0 Å². The zero-order valence-corrected chi connectivity index (χ0v) is 16.9. The van der Waals surface area contributed by atoms with Gasteiger partial charge >= 0.3 is 12.1 Å². The molecule has 2 fully saturated rings. The summed E-state index contributed by atoms with van der Waals surface area (Å²) in [5.74, 6) is -1.78. The number of likely N-dealkylation sites (tertiary alicyclic amines) is 1. The molecule has 2 saturated heterocycles. The summed E-state index contributed by atoms with van der Waals surface area (Å²) in [4.78, 5) is 36.5. The molecule has 0 bridgehead atoms. The molecule has 0 unspecified atom stereocenters. The van der Waals surface area contributed by atoms with E-state index in [4.69, 9.17) is 14.6 Å². The van der Waals surface area contributed by atoms with Gasteiger partial charge in [-0.15, -0.1) is 0 Å². The third-order valence-electron chi connectivity index (χ3n) is 5.22. The number of carboxylic acids is 1. The van der Waals surface area contributed by atoms with Gasteiger partial charge in [-0.2, -0.15) is 13.2 Å². The standard InChI is InChI=1S/C18H21N5O2.C2HF3O2/c24-18(22-17-7-19-5-6-21-17)16-12-25-11-13-8-23(10-15(13)16)9-14-3-1-2-4-20-14;3-2(4,5)1(6)7/h1-7,13,15-16H,8-12H2,(H,21,22,24);(H,6,7)/t13-,15-,16-;/m1./s1. The molecule has 2 aromatic heterocycles. The number of ether oxygens (including phenoxy) is 1. The maximum atomic E-state index is 12.7. The molecule has 32 heavy (non-hydrogen) atoms. The van der Waals surface area contributed by atoms with Crippen LogP contribution in [0.1, 0.15) is 5.69 Å².